The Morgan fingerprint density at radius 2 is 1.65 bits per heavy atom. The van der Waals surface area contributed by atoms with Gasteiger partial charge in [-0.25, -0.2) is 0 Å². The Kier molecular flexibility index (Phi) is 8.37. The lowest BCUT2D eigenvalue weighted by Gasteiger charge is -2.09. The summed E-state index contributed by atoms with van der Waals surface area (Å²) in [5.41, 5.74) is 7.94. The average Bonchev–Trinajstić information content (AvgIpc) is 2.53. The van der Waals surface area contributed by atoms with E-state index in [1.54, 1.807) is 0 Å². The molecule has 0 aliphatic rings. The zero-order valence-electron chi connectivity index (χ0n) is 12.9. The molecule has 2 rings (SSSR count). The van der Waals surface area contributed by atoms with Gasteiger partial charge in [-0.05, 0) is 42.5 Å². The van der Waals surface area contributed by atoms with E-state index in [2.05, 4.69) is 12.1 Å². The van der Waals surface area contributed by atoms with E-state index in [0.29, 0.717) is 19.4 Å². The number of carboxylic acid groups (broad SMARTS) is 1. The van der Waals surface area contributed by atoms with Crippen LogP contribution in [0.1, 0.15) is 24.0 Å². The summed E-state index contributed by atoms with van der Waals surface area (Å²) in [6.45, 7) is 0.471. The highest BCUT2D eigenvalue weighted by molar-refractivity contribution is 8.93. The van der Waals surface area contributed by atoms with Crippen molar-refractivity contribution in [3.05, 3.63) is 65.7 Å². The molecule has 124 valence electrons. The second-order valence-corrected chi connectivity index (χ2v) is 5.24. The third-order valence-corrected chi connectivity index (χ3v) is 3.42. The van der Waals surface area contributed by atoms with Gasteiger partial charge in [-0.3, -0.25) is 4.79 Å². The normalized spacial score (nSPS) is 11.3. The van der Waals surface area contributed by atoms with Gasteiger partial charge in [0.15, 0.2) is 0 Å². The number of ether oxygens (including phenoxy) is 1. The molecule has 0 fully saturated rings. The largest absolute Gasteiger partial charge is 0.494 e. The van der Waals surface area contributed by atoms with E-state index in [0.717, 1.165) is 12.2 Å². The quantitative estimate of drug-likeness (QED) is 0.689. The Labute approximate surface area is 147 Å². The fourth-order valence-corrected chi connectivity index (χ4v) is 2.15. The highest BCUT2D eigenvalue weighted by atomic mass is 79.9. The van der Waals surface area contributed by atoms with Gasteiger partial charge in [-0.2, -0.15) is 0 Å². The molecule has 1 unspecified atom stereocenters. The molecule has 0 aromatic heterocycles. The molecule has 0 amide bonds. The predicted molar refractivity (Wildman–Crippen MR) is 96.4 cm³/mol. The Morgan fingerprint density at radius 1 is 1.04 bits per heavy atom. The summed E-state index contributed by atoms with van der Waals surface area (Å²) in [7, 11) is 0. The molecule has 0 aliphatic carbocycles. The summed E-state index contributed by atoms with van der Waals surface area (Å²) >= 11 is 0. The van der Waals surface area contributed by atoms with E-state index in [9.17, 15) is 4.79 Å². The lowest BCUT2D eigenvalue weighted by Crippen LogP contribution is -2.30. The third kappa shape index (κ3) is 6.84. The smallest absolute Gasteiger partial charge is 0.320 e. The molecule has 4 nitrogen and oxygen atoms in total. The summed E-state index contributed by atoms with van der Waals surface area (Å²) in [6, 6.07) is 17.5. The molecular formula is C18H22BrNO3. The molecule has 2 aromatic rings. The summed E-state index contributed by atoms with van der Waals surface area (Å²) in [5.74, 6) is -0.175. The molecule has 0 heterocycles. The highest BCUT2D eigenvalue weighted by Crippen LogP contribution is 2.15. The Balaban J connectivity index is 0.00000264. The summed E-state index contributed by atoms with van der Waals surface area (Å²) < 4.78 is 5.59. The number of carboxylic acids is 1. The molecule has 0 saturated carbocycles. The van der Waals surface area contributed by atoms with E-state index in [1.165, 1.54) is 11.1 Å². The molecule has 3 N–H and O–H groups in total. The predicted octanol–water partition coefficient (Wildman–Crippen LogP) is 3.43. The zero-order chi connectivity index (χ0) is 15.8. The molecule has 1 atom stereocenters. The van der Waals surface area contributed by atoms with Gasteiger partial charge in [0.2, 0.25) is 0 Å². The van der Waals surface area contributed by atoms with Crippen LogP contribution in [0.25, 0.3) is 0 Å². The van der Waals surface area contributed by atoms with E-state index in [-0.39, 0.29) is 17.0 Å². The van der Waals surface area contributed by atoms with Gasteiger partial charge >= 0.3 is 5.97 Å². The first kappa shape index (κ1) is 19.2. The molecule has 0 saturated heterocycles. The maximum Gasteiger partial charge on any atom is 0.320 e. The van der Waals surface area contributed by atoms with Gasteiger partial charge in [0.25, 0.3) is 0 Å². The fraction of sp³-hybridized carbons (Fsp3) is 0.278. The van der Waals surface area contributed by atoms with Crippen LogP contribution < -0.4 is 10.5 Å². The first-order valence-electron chi connectivity index (χ1n) is 7.39. The van der Waals surface area contributed by atoms with Crippen LogP contribution in [0, 0.1) is 0 Å². The summed E-state index contributed by atoms with van der Waals surface area (Å²) in [4.78, 5) is 10.6. The van der Waals surface area contributed by atoms with Gasteiger partial charge in [0.1, 0.15) is 11.8 Å². The van der Waals surface area contributed by atoms with Crippen LogP contribution in [0.4, 0.5) is 0 Å². The molecule has 5 heteroatoms. The van der Waals surface area contributed by atoms with E-state index < -0.39 is 12.0 Å². The van der Waals surface area contributed by atoms with Crippen molar-refractivity contribution >= 4 is 23.0 Å². The molecule has 0 aliphatic heterocycles. The second kappa shape index (κ2) is 10.0. The lowest BCUT2D eigenvalue weighted by molar-refractivity contribution is -0.138. The van der Waals surface area contributed by atoms with Crippen molar-refractivity contribution in [3.63, 3.8) is 0 Å². The average molecular weight is 380 g/mol. The van der Waals surface area contributed by atoms with Crippen molar-refractivity contribution in [2.75, 3.05) is 6.61 Å². The number of nitrogens with two attached hydrogens (primary N) is 1. The van der Waals surface area contributed by atoms with Crippen molar-refractivity contribution in [1.29, 1.82) is 0 Å². The molecule has 0 radical (unpaired) electrons. The van der Waals surface area contributed by atoms with E-state index >= 15 is 0 Å². The Bertz CT molecular complexity index is 587. The molecule has 0 bridgehead atoms. The van der Waals surface area contributed by atoms with Crippen LogP contribution in [-0.2, 0) is 11.2 Å². The first-order chi connectivity index (χ1) is 10.6. The third-order valence-electron chi connectivity index (χ3n) is 3.42. The number of hydrogen-bond donors (Lipinski definition) is 2. The Morgan fingerprint density at radius 3 is 2.26 bits per heavy atom. The monoisotopic (exact) mass is 379 g/mol. The SMILES string of the molecule is Br.NC(CCCOc1ccc(Cc2ccccc2)cc1)C(=O)O. The maximum atomic E-state index is 10.6. The minimum absolute atomic E-state index is 0. The van der Waals surface area contributed by atoms with Crippen LogP contribution in [0.5, 0.6) is 5.75 Å². The number of hydrogen-bond acceptors (Lipinski definition) is 3. The van der Waals surface area contributed by atoms with Gasteiger partial charge in [-0.1, -0.05) is 42.5 Å². The minimum Gasteiger partial charge on any atom is -0.494 e. The van der Waals surface area contributed by atoms with Crippen molar-refractivity contribution in [1.82, 2.24) is 0 Å². The second-order valence-electron chi connectivity index (χ2n) is 5.24. The van der Waals surface area contributed by atoms with Crippen molar-refractivity contribution in [2.24, 2.45) is 5.73 Å². The number of rotatable bonds is 8. The highest BCUT2D eigenvalue weighted by Gasteiger charge is 2.10. The molecular weight excluding hydrogens is 358 g/mol. The molecule has 23 heavy (non-hydrogen) atoms. The van der Waals surface area contributed by atoms with Crippen LogP contribution in [0.2, 0.25) is 0 Å². The van der Waals surface area contributed by atoms with Crippen LogP contribution in [-0.4, -0.2) is 23.7 Å². The topological polar surface area (TPSA) is 72.5 Å². The van der Waals surface area contributed by atoms with Gasteiger partial charge < -0.3 is 15.6 Å². The van der Waals surface area contributed by atoms with Gasteiger partial charge in [0.05, 0.1) is 6.61 Å². The van der Waals surface area contributed by atoms with E-state index in [4.69, 9.17) is 15.6 Å². The Hall–Kier alpha value is -1.85. The molecule has 0 spiro atoms. The summed E-state index contributed by atoms with van der Waals surface area (Å²) in [6.07, 6.45) is 1.94. The van der Waals surface area contributed by atoms with Crippen molar-refractivity contribution in [2.45, 2.75) is 25.3 Å². The van der Waals surface area contributed by atoms with E-state index in [1.807, 2.05) is 42.5 Å². The number of carbonyl (C=O) groups is 1. The molecule has 2 aromatic carbocycles. The van der Waals surface area contributed by atoms with Gasteiger partial charge in [-0.15, -0.1) is 17.0 Å². The first-order valence-corrected chi connectivity index (χ1v) is 7.39. The van der Waals surface area contributed by atoms with Gasteiger partial charge in [0, 0.05) is 0 Å². The van der Waals surface area contributed by atoms with Crippen LogP contribution in [0.3, 0.4) is 0 Å². The number of aliphatic carboxylic acids is 1. The number of halogens is 1. The van der Waals surface area contributed by atoms with Crippen LogP contribution in [0.15, 0.2) is 54.6 Å². The number of benzene rings is 2. The van der Waals surface area contributed by atoms with Crippen LogP contribution >= 0.6 is 17.0 Å². The minimum atomic E-state index is -0.967. The maximum absolute atomic E-state index is 10.6. The summed E-state index contributed by atoms with van der Waals surface area (Å²) in [5, 5.41) is 8.68. The fourth-order valence-electron chi connectivity index (χ4n) is 2.15. The zero-order valence-corrected chi connectivity index (χ0v) is 14.6. The van der Waals surface area contributed by atoms with Crippen molar-refractivity contribution in [3.8, 4) is 5.75 Å². The lowest BCUT2D eigenvalue weighted by atomic mass is 10.1. The van der Waals surface area contributed by atoms with Crippen molar-refractivity contribution < 1.29 is 14.6 Å². The standard InChI is InChI=1S/C18H21NO3.BrH/c19-17(18(20)21)7-4-12-22-16-10-8-15(9-11-16)13-14-5-2-1-3-6-14;/h1-3,5-6,8-11,17H,4,7,12-13,19H2,(H,20,21);1H.